The molecule has 1 atom stereocenters. The van der Waals surface area contributed by atoms with Crippen molar-refractivity contribution in [2.45, 2.75) is 52.2 Å². The zero-order valence-electron chi connectivity index (χ0n) is 17.6. The van der Waals surface area contributed by atoms with Crippen LogP contribution in [0.25, 0.3) is 0 Å². The van der Waals surface area contributed by atoms with Crippen LogP contribution in [-0.2, 0) is 19.1 Å². The average molecular weight is 391 g/mol. The number of amides is 1. The predicted molar refractivity (Wildman–Crippen MR) is 110 cm³/mol. The summed E-state index contributed by atoms with van der Waals surface area (Å²) in [5, 5.41) is 0. The number of para-hydroxylation sites is 1. The molecule has 0 bridgehead atoms. The number of benzene rings is 1. The largest absolute Gasteiger partial charge is 0.454 e. The Morgan fingerprint density at radius 3 is 2.39 bits per heavy atom. The standard InChI is InChI=1S/C22H34N2O4/c1-17(2)12-15-27-18(3)22(26)28-16-21(25)24-13-10-20(11-14-24)23(4)19-8-6-5-7-9-19/h5-9,17-18,20H,10-16H2,1-4H3. The number of anilines is 1. The molecule has 1 fully saturated rings. The molecule has 156 valence electrons. The number of carbonyl (C=O) groups is 2. The van der Waals surface area contributed by atoms with Crippen molar-refractivity contribution in [3.05, 3.63) is 30.3 Å². The zero-order valence-corrected chi connectivity index (χ0v) is 17.6. The number of likely N-dealkylation sites (tertiary alicyclic amines) is 1. The van der Waals surface area contributed by atoms with Crippen molar-refractivity contribution in [3.63, 3.8) is 0 Å². The molecule has 0 spiro atoms. The van der Waals surface area contributed by atoms with E-state index in [1.165, 1.54) is 5.69 Å². The van der Waals surface area contributed by atoms with E-state index in [9.17, 15) is 9.59 Å². The highest BCUT2D eigenvalue weighted by molar-refractivity contribution is 5.82. The molecule has 6 heteroatoms. The first-order valence-electron chi connectivity index (χ1n) is 10.2. The Balaban J connectivity index is 1.69. The summed E-state index contributed by atoms with van der Waals surface area (Å²) >= 11 is 0. The normalized spacial score (nSPS) is 16.1. The van der Waals surface area contributed by atoms with Crippen LogP contribution in [-0.4, -0.2) is 62.3 Å². The molecular weight excluding hydrogens is 356 g/mol. The minimum Gasteiger partial charge on any atom is -0.454 e. The maximum absolute atomic E-state index is 12.4. The number of carbonyl (C=O) groups excluding carboxylic acids is 2. The molecule has 1 unspecified atom stereocenters. The van der Waals surface area contributed by atoms with Crippen LogP contribution in [0.5, 0.6) is 0 Å². The Morgan fingerprint density at radius 1 is 1.14 bits per heavy atom. The van der Waals surface area contributed by atoms with Crippen molar-refractivity contribution in [1.82, 2.24) is 4.90 Å². The molecule has 1 heterocycles. The SMILES string of the molecule is CC(C)CCOC(C)C(=O)OCC(=O)N1CCC(N(C)c2ccccc2)CC1. The first-order chi connectivity index (χ1) is 13.4. The molecule has 0 aromatic heterocycles. The van der Waals surface area contributed by atoms with Crippen LogP contribution < -0.4 is 4.90 Å². The highest BCUT2D eigenvalue weighted by Crippen LogP contribution is 2.21. The van der Waals surface area contributed by atoms with Gasteiger partial charge in [0.1, 0.15) is 0 Å². The fourth-order valence-corrected chi connectivity index (χ4v) is 3.27. The Labute approximate surface area is 168 Å². The van der Waals surface area contributed by atoms with Gasteiger partial charge in [-0.15, -0.1) is 0 Å². The Morgan fingerprint density at radius 2 is 1.79 bits per heavy atom. The summed E-state index contributed by atoms with van der Waals surface area (Å²) in [6.07, 6.45) is 2.06. The lowest BCUT2D eigenvalue weighted by Crippen LogP contribution is -2.47. The summed E-state index contributed by atoms with van der Waals surface area (Å²) in [5.74, 6) is -0.0898. The molecule has 1 amide bonds. The molecule has 0 aliphatic carbocycles. The molecule has 1 aliphatic rings. The summed E-state index contributed by atoms with van der Waals surface area (Å²) in [6.45, 7) is 7.53. The van der Waals surface area contributed by atoms with Crippen molar-refractivity contribution in [2.24, 2.45) is 5.92 Å². The second-order valence-electron chi connectivity index (χ2n) is 7.86. The van der Waals surface area contributed by atoms with E-state index in [0.29, 0.717) is 31.7 Å². The van der Waals surface area contributed by atoms with Crippen LogP contribution in [0.2, 0.25) is 0 Å². The average Bonchev–Trinajstić information content (AvgIpc) is 2.71. The van der Waals surface area contributed by atoms with Crippen LogP contribution in [0, 0.1) is 5.92 Å². The van der Waals surface area contributed by atoms with Gasteiger partial charge in [0, 0.05) is 38.5 Å². The lowest BCUT2D eigenvalue weighted by Gasteiger charge is -2.37. The van der Waals surface area contributed by atoms with E-state index >= 15 is 0 Å². The lowest BCUT2D eigenvalue weighted by atomic mass is 10.0. The number of esters is 1. The van der Waals surface area contributed by atoms with Gasteiger partial charge in [0.05, 0.1) is 0 Å². The fourth-order valence-electron chi connectivity index (χ4n) is 3.27. The van der Waals surface area contributed by atoms with Gasteiger partial charge in [-0.1, -0.05) is 32.0 Å². The summed E-state index contributed by atoms with van der Waals surface area (Å²) in [7, 11) is 2.10. The fraction of sp³-hybridized carbons (Fsp3) is 0.636. The maximum Gasteiger partial charge on any atom is 0.335 e. The predicted octanol–water partition coefficient (Wildman–Crippen LogP) is 3.11. The molecule has 2 rings (SSSR count). The van der Waals surface area contributed by atoms with Crippen molar-refractivity contribution in [2.75, 3.05) is 38.3 Å². The van der Waals surface area contributed by atoms with Gasteiger partial charge in [0.15, 0.2) is 12.7 Å². The first-order valence-corrected chi connectivity index (χ1v) is 10.2. The zero-order chi connectivity index (χ0) is 20.5. The van der Waals surface area contributed by atoms with Crippen LogP contribution in [0.4, 0.5) is 5.69 Å². The second-order valence-corrected chi connectivity index (χ2v) is 7.86. The van der Waals surface area contributed by atoms with Gasteiger partial charge in [-0.05, 0) is 44.2 Å². The van der Waals surface area contributed by atoms with E-state index < -0.39 is 12.1 Å². The molecule has 1 aromatic rings. The van der Waals surface area contributed by atoms with E-state index in [2.05, 4.69) is 37.9 Å². The van der Waals surface area contributed by atoms with E-state index in [-0.39, 0.29) is 12.5 Å². The Kier molecular flexibility index (Phi) is 8.77. The lowest BCUT2D eigenvalue weighted by molar-refractivity contribution is -0.161. The first kappa shape index (κ1) is 22.2. The molecule has 0 saturated carbocycles. The smallest absolute Gasteiger partial charge is 0.335 e. The number of piperidine rings is 1. The summed E-state index contributed by atoms with van der Waals surface area (Å²) in [6, 6.07) is 10.7. The van der Waals surface area contributed by atoms with E-state index in [1.807, 2.05) is 18.2 Å². The number of rotatable bonds is 9. The minimum atomic E-state index is -0.642. The van der Waals surface area contributed by atoms with Gasteiger partial charge in [0.2, 0.25) is 0 Å². The Bertz CT molecular complexity index is 612. The van der Waals surface area contributed by atoms with Crippen molar-refractivity contribution in [3.8, 4) is 0 Å². The molecule has 0 N–H and O–H groups in total. The molecule has 0 radical (unpaired) electrons. The summed E-state index contributed by atoms with van der Waals surface area (Å²) in [4.78, 5) is 28.4. The summed E-state index contributed by atoms with van der Waals surface area (Å²) in [5.41, 5.74) is 1.19. The van der Waals surface area contributed by atoms with Crippen LogP contribution >= 0.6 is 0 Å². The third-order valence-electron chi connectivity index (χ3n) is 5.26. The summed E-state index contributed by atoms with van der Waals surface area (Å²) < 4.78 is 10.6. The van der Waals surface area contributed by atoms with E-state index in [0.717, 1.165) is 19.3 Å². The number of ether oxygens (including phenoxy) is 2. The topological polar surface area (TPSA) is 59.1 Å². The molecule has 6 nitrogen and oxygen atoms in total. The van der Waals surface area contributed by atoms with E-state index in [1.54, 1.807) is 11.8 Å². The van der Waals surface area contributed by atoms with Gasteiger partial charge >= 0.3 is 5.97 Å². The highest BCUT2D eigenvalue weighted by atomic mass is 16.6. The molecule has 28 heavy (non-hydrogen) atoms. The highest BCUT2D eigenvalue weighted by Gasteiger charge is 2.26. The molecule has 1 aliphatic heterocycles. The van der Waals surface area contributed by atoms with Crippen molar-refractivity contribution >= 4 is 17.6 Å². The Hall–Kier alpha value is -2.08. The number of hydrogen-bond acceptors (Lipinski definition) is 5. The van der Waals surface area contributed by atoms with Gasteiger partial charge in [-0.2, -0.15) is 0 Å². The maximum atomic E-state index is 12.4. The van der Waals surface area contributed by atoms with Crippen molar-refractivity contribution < 1.29 is 19.1 Å². The number of hydrogen-bond donors (Lipinski definition) is 0. The third-order valence-corrected chi connectivity index (χ3v) is 5.26. The second kappa shape index (κ2) is 11.1. The van der Waals surface area contributed by atoms with Gasteiger partial charge in [-0.3, -0.25) is 4.79 Å². The van der Waals surface area contributed by atoms with Gasteiger partial charge in [-0.25, -0.2) is 4.79 Å². The van der Waals surface area contributed by atoms with Gasteiger partial charge in [0.25, 0.3) is 5.91 Å². The quantitative estimate of drug-likeness (QED) is 0.607. The van der Waals surface area contributed by atoms with Crippen LogP contribution in [0.3, 0.4) is 0 Å². The molecule has 1 aromatic carbocycles. The minimum absolute atomic E-state index is 0.136. The third kappa shape index (κ3) is 6.82. The van der Waals surface area contributed by atoms with E-state index in [4.69, 9.17) is 9.47 Å². The van der Waals surface area contributed by atoms with Crippen LogP contribution in [0.15, 0.2) is 30.3 Å². The van der Waals surface area contributed by atoms with Gasteiger partial charge < -0.3 is 19.3 Å². The molecule has 1 saturated heterocycles. The number of nitrogens with zero attached hydrogens (tertiary/aromatic N) is 2. The monoisotopic (exact) mass is 390 g/mol. The van der Waals surface area contributed by atoms with Crippen molar-refractivity contribution in [1.29, 1.82) is 0 Å². The molecular formula is C22H34N2O4. The van der Waals surface area contributed by atoms with Crippen LogP contribution in [0.1, 0.15) is 40.0 Å².